The molecule has 0 N–H and O–H groups in total. The van der Waals surface area contributed by atoms with E-state index in [-0.39, 0.29) is 0 Å². The molecule has 0 aromatic heterocycles. The maximum Gasteiger partial charge on any atom is 0.459 e. The van der Waals surface area contributed by atoms with Gasteiger partial charge in [0.15, 0.2) is 0 Å². The normalized spacial score (nSPS) is 22.0. The first-order chi connectivity index (χ1) is 4.30. The molecule has 1 aliphatic rings. The Hall–Kier alpha value is 1.49. The predicted octanol–water partition coefficient (Wildman–Crippen LogP) is 3.60. The highest BCUT2D eigenvalue weighted by Crippen LogP contribution is 2.35. The van der Waals surface area contributed by atoms with E-state index in [0.717, 1.165) is 4.78 Å². The summed E-state index contributed by atoms with van der Waals surface area (Å²) in [5.41, 5.74) is 0. The Morgan fingerprint density at radius 3 is 1.89 bits per heavy atom. The third-order valence-corrected chi connectivity index (χ3v) is 7.87. The molecule has 0 radical (unpaired) electrons. The summed E-state index contributed by atoms with van der Waals surface area (Å²) < 4.78 is 1.03. The van der Waals surface area contributed by atoms with Crippen LogP contribution in [0.3, 0.4) is 0 Å². The zero-order chi connectivity index (χ0) is 6.69. The molecule has 3 heteroatoms. The molecule has 1 aliphatic carbocycles. The van der Waals surface area contributed by atoms with Crippen LogP contribution in [0.2, 0.25) is 4.78 Å². The number of rotatable bonds is 1. The zero-order valence-corrected chi connectivity index (χ0v) is 9.77. The van der Waals surface area contributed by atoms with Crippen LogP contribution in [-0.2, 0) is 0 Å². The average Bonchev–Trinajstić information content (AvgIpc) is 1.90. The maximum absolute atomic E-state index is 3.69. The molecule has 0 saturated heterocycles. The van der Waals surface area contributed by atoms with E-state index < -0.39 is 10.5 Å². The molecule has 0 aromatic rings. The monoisotopic (exact) mass is 268 g/mol. The van der Waals surface area contributed by atoms with Gasteiger partial charge in [0.25, 0.3) is 0 Å². The highest BCUT2D eigenvalue weighted by Gasteiger charge is 2.24. The van der Waals surface area contributed by atoms with Crippen molar-refractivity contribution in [1.29, 1.82) is 0 Å². The van der Waals surface area contributed by atoms with Crippen LogP contribution >= 0.6 is 28.1 Å². The molecule has 1 saturated carbocycles. The molecule has 0 spiro atoms. The van der Waals surface area contributed by atoms with Gasteiger partial charge >= 0.3 is 10.5 Å². The van der Waals surface area contributed by atoms with Crippen LogP contribution in [0.5, 0.6) is 0 Å². The first-order valence-corrected chi connectivity index (χ1v) is 10.6. The summed E-state index contributed by atoms with van der Waals surface area (Å²) in [6.45, 7) is 0. The summed E-state index contributed by atoms with van der Waals surface area (Å²) in [7, 11) is -0.627. The lowest BCUT2D eigenvalue weighted by molar-refractivity contribution is 0.502. The van der Waals surface area contributed by atoms with Gasteiger partial charge in [-0.2, -0.15) is 28.1 Å². The number of hydrogen-bond acceptors (Lipinski definition) is 0. The molecule has 0 bridgehead atoms. The van der Waals surface area contributed by atoms with E-state index in [1.807, 2.05) is 0 Å². The van der Waals surface area contributed by atoms with Crippen molar-refractivity contribution in [3.8, 4) is 0 Å². The minimum absolute atomic E-state index is 0.627. The predicted molar refractivity (Wildman–Crippen MR) is 50.4 cm³/mol. The molecule has 9 heavy (non-hydrogen) atoms. The third kappa shape index (κ3) is 2.93. The fourth-order valence-electron chi connectivity index (χ4n) is 1.39. The van der Waals surface area contributed by atoms with Crippen LogP contribution in [-0.4, -0.2) is 10.5 Å². The Labute approximate surface area is 75.1 Å². The molecule has 1 rings (SSSR count). The van der Waals surface area contributed by atoms with Crippen LogP contribution < -0.4 is 0 Å². The summed E-state index contributed by atoms with van der Waals surface area (Å²) in [5, 5.41) is 0. The first kappa shape index (κ1) is 8.59. The second kappa shape index (κ2) is 4.39. The summed E-state index contributed by atoms with van der Waals surface area (Å²) >= 11 is 7.38. The SMILES string of the molecule is [Br][Al]([Br])[CH]1CCCCC1. The van der Waals surface area contributed by atoms with E-state index in [2.05, 4.69) is 28.1 Å². The quantitative estimate of drug-likeness (QED) is 0.638. The summed E-state index contributed by atoms with van der Waals surface area (Å²) in [6.07, 6.45) is 7.33. The van der Waals surface area contributed by atoms with Crippen molar-refractivity contribution in [1.82, 2.24) is 0 Å². The smallest absolute Gasteiger partial charge is 0.197 e. The van der Waals surface area contributed by atoms with E-state index >= 15 is 0 Å². The molecule has 0 aromatic carbocycles. The van der Waals surface area contributed by atoms with Crippen LogP contribution in [0.25, 0.3) is 0 Å². The summed E-state index contributed by atoms with van der Waals surface area (Å²) in [4.78, 5) is 0. The summed E-state index contributed by atoms with van der Waals surface area (Å²) in [5.74, 6) is 0. The Bertz CT molecular complexity index is 79.1. The lowest BCUT2D eigenvalue weighted by Crippen LogP contribution is -2.09. The van der Waals surface area contributed by atoms with Gasteiger partial charge in [0.1, 0.15) is 0 Å². The molecule has 0 aliphatic heterocycles. The van der Waals surface area contributed by atoms with Gasteiger partial charge in [0, 0.05) is 0 Å². The molecule has 0 nitrogen and oxygen atoms in total. The van der Waals surface area contributed by atoms with Crippen molar-refractivity contribution in [2.45, 2.75) is 36.9 Å². The number of hydrogen-bond donors (Lipinski definition) is 0. The molecule has 52 valence electrons. The van der Waals surface area contributed by atoms with Crippen LogP contribution in [0.1, 0.15) is 32.1 Å². The minimum Gasteiger partial charge on any atom is -0.197 e. The molecule has 0 unspecified atom stereocenters. The van der Waals surface area contributed by atoms with Gasteiger partial charge in [-0.1, -0.05) is 36.9 Å². The third-order valence-electron chi connectivity index (χ3n) is 2.01. The van der Waals surface area contributed by atoms with E-state index in [9.17, 15) is 0 Å². The van der Waals surface area contributed by atoms with Crippen molar-refractivity contribution in [3.63, 3.8) is 0 Å². The van der Waals surface area contributed by atoms with Crippen LogP contribution in [0.4, 0.5) is 0 Å². The average molecular weight is 270 g/mol. The van der Waals surface area contributed by atoms with Gasteiger partial charge in [-0.3, -0.25) is 0 Å². The van der Waals surface area contributed by atoms with E-state index in [4.69, 9.17) is 0 Å². The summed E-state index contributed by atoms with van der Waals surface area (Å²) in [6, 6.07) is 0. The standard InChI is InChI=1S/C6H11.Al.2BrH/c1-2-4-6-5-3-1;;;/h1H,2-6H2;;2*1H/q;+2;;/p-2. The molecule has 1 fully saturated rings. The van der Waals surface area contributed by atoms with Gasteiger partial charge in [0.05, 0.1) is 0 Å². The van der Waals surface area contributed by atoms with E-state index in [1.165, 1.54) is 32.1 Å². The van der Waals surface area contributed by atoms with Crippen molar-refractivity contribution in [2.24, 2.45) is 0 Å². The molecular weight excluding hydrogens is 259 g/mol. The van der Waals surface area contributed by atoms with Gasteiger partial charge in [-0.25, -0.2) is 0 Å². The Balaban J connectivity index is 2.23. The topological polar surface area (TPSA) is 0 Å². The lowest BCUT2D eigenvalue weighted by Gasteiger charge is -2.19. The van der Waals surface area contributed by atoms with Crippen LogP contribution in [0, 0.1) is 0 Å². The van der Waals surface area contributed by atoms with Gasteiger partial charge in [-0.05, 0) is 0 Å². The van der Waals surface area contributed by atoms with E-state index in [0.29, 0.717) is 0 Å². The fraction of sp³-hybridized carbons (Fsp3) is 1.00. The fourth-order valence-corrected chi connectivity index (χ4v) is 5.53. The second-order valence-corrected chi connectivity index (χ2v) is 13.9. The Morgan fingerprint density at radius 2 is 1.56 bits per heavy atom. The van der Waals surface area contributed by atoms with Crippen LogP contribution in [0.15, 0.2) is 0 Å². The van der Waals surface area contributed by atoms with E-state index in [1.54, 1.807) is 0 Å². The Morgan fingerprint density at radius 1 is 1.00 bits per heavy atom. The maximum atomic E-state index is 3.69. The molecular formula is C6H11AlBr2. The van der Waals surface area contributed by atoms with Gasteiger partial charge in [-0.15, -0.1) is 0 Å². The molecule has 0 atom stereocenters. The second-order valence-electron chi connectivity index (χ2n) is 2.73. The highest BCUT2D eigenvalue weighted by atomic mass is 79.9. The lowest BCUT2D eigenvalue weighted by atomic mass is 10.0. The van der Waals surface area contributed by atoms with Crippen molar-refractivity contribution < 1.29 is 0 Å². The van der Waals surface area contributed by atoms with Gasteiger partial charge < -0.3 is 0 Å². The zero-order valence-electron chi connectivity index (χ0n) is 5.45. The first-order valence-electron chi connectivity index (χ1n) is 3.59. The highest BCUT2D eigenvalue weighted by molar-refractivity contribution is 9.49. The largest absolute Gasteiger partial charge is 0.459 e. The molecule has 0 heterocycles. The minimum atomic E-state index is -0.627. The Kier molecular flexibility index (Phi) is 4.19. The van der Waals surface area contributed by atoms with Gasteiger partial charge in [0.2, 0.25) is 0 Å². The molecule has 0 amide bonds. The number of halogens is 2. The van der Waals surface area contributed by atoms with Crippen molar-refractivity contribution in [3.05, 3.63) is 0 Å². The van der Waals surface area contributed by atoms with Crippen molar-refractivity contribution in [2.75, 3.05) is 0 Å². The van der Waals surface area contributed by atoms with Crippen molar-refractivity contribution >= 4 is 38.6 Å².